The topological polar surface area (TPSA) is 82.3 Å². The summed E-state index contributed by atoms with van der Waals surface area (Å²) in [4.78, 5) is 19.0. The second kappa shape index (κ2) is 10.9. The molecule has 0 spiro atoms. The molecule has 7 nitrogen and oxygen atoms in total. The van der Waals surface area contributed by atoms with Crippen LogP contribution in [0, 0.1) is 0 Å². The van der Waals surface area contributed by atoms with E-state index in [1.54, 1.807) is 16.5 Å². The minimum Gasteiger partial charge on any atom is -0.854 e. The third-order valence-electron chi connectivity index (χ3n) is 6.82. The van der Waals surface area contributed by atoms with Crippen LogP contribution in [0.3, 0.4) is 0 Å². The van der Waals surface area contributed by atoms with Gasteiger partial charge < -0.3 is 9.84 Å². The van der Waals surface area contributed by atoms with Gasteiger partial charge in [-0.05, 0) is 68.5 Å². The predicted molar refractivity (Wildman–Crippen MR) is 138 cm³/mol. The Labute approximate surface area is 216 Å². The zero-order chi connectivity index (χ0) is 25.1. The predicted octanol–water partition coefficient (Wildman–Crippen LogP) is 5.02. The number of aromatic nitrogens is 3. The molecular weight excluding hydrogens is 472 g/mol. The molecule has 2 aliphatic rings. The lowest BCUT2D eigenvalue weighted by Crippen LogP contribution is -2.58. The van der Waals surface area contributed by atoms with Crippen LogP contribution >= 0.6 is 11.8 Å². The van der Waals surface area contributed by atoms with E-state index in [0.717, 1.165) is 49.2 Å². The average molecular weight is 505 g/mol. The first kappa shape index (κ1) is 24.6. The van der Waals surface area contributed by atoms with Gasteiger partial charge in [-0.15, -0.1) is 0 Å². The normalized spacial score (nSPS) is 17.1. The molecule has 1 atom stereocenters. The van der Waals surface area contributed by atoms with Gasteiger partial charge in [-0.3, -0.25) is 4.79 Å². The Morgan fingerprint density at radius 3 is 2.61 bits per heavy atom. The molecule has 1 amide bonds. The second-order valence-electron chi connectivity index (χ2n) is 9.42. The number of para-hydroxylation sites is 1. The number of carbonyl (C=O) groups is 1. The van der Waals surface area contributed by atoms with Crippen molar-refractivity contribution in [3.63, 3.8) is 0 Å². The van der Waals surface area contributed by atoms with Crippen molar-refractivity contribution in [2.45, 2.75) is 76.2 Å². The van der Waals surface area contributed by atoms with E-state index in [9.17, 15) is 9.90 Å². The van der Waals surface area contributed by atoms with Crippen molar-refractivity contribution in [2.24, 2.45) is 0 Å². The van der Waals surface area contributed by atoms with E-state index in [2.05, 4.69) is 11.9 Å². The maximum Gasteiger partial charge on any atom is 0.293 e. The van der Waals surface area contributed by atoms with Crippen molar-refractivity contribution in [1.29, 1.82) is 0 Å². The van der Waals surface area contributed by atoms with Gasteiger partial charge in [0.15, 0.2) is 0 Å². The number of amides is 1. The Morgan fingerprint density at radius 2 is 1.89 bits per heavy atom. The highest BCUT2D eigenvalue weighted by molar-refractivity contribution is 7.99. The summed E-state index contributed by atoms with van der Waals surface area (Å²) in [6.07, 6.45) is 7.55. The monoisotopic (exact) mass is 504 g/mol. The first-order valence-corrected chi connectivity index (χ1v) is 13.8. The maximum absolute atomic E-state index is 13.3. The Balaban J connectivity index is 1.57. The smallest absolute Gasteiger partial charge is 0.293 e. The molecule has 1 unspecified atom stereocenters. The van der Waals surface area contributed by atoms with Crippen molar-refractivity contribution in [1.82, 2.24) is 10.1 Å². The second-order valence-corrected chi connectivity index (χ2v) is 10.5. The summed E-state index contributed by atoms with van der Waals surface area (Å²) in [5, 5.41) is 18.6. The number of thioether (sulfide) groups is 1. The van der Waals surface area contributed by atoms with Crippen LogP contribution in [0.25, 0.3) is 11.3 Å². The molecule has 36 heavy (non-hydrogen) atoms. The molecule has 188 valence electrons. The molecule has 0 N–H and O–H groups in total. The number of rotatable bonds is 8. The van der Waals surface area contributed by atoms with Crippen LogP contribution in [0.1, 0.15) is 70.5 Å². The minimum atomic E-state index is -0.598. The van der Waals surface area contributed by atoms with Gasteiger partial charge in [0.25, 0.3) is 17.0 Å². The molecule has 1 aromatic heterocycles. The van der Waals surface area contributed by atoms with Gasteiger partial charge in [0.1, 0.15) is 5.75 Å². The molecule has 0 bridgehead atoms. The zero-order valence-electron chi connectivity index (χ0n) is 20.9. The van der Waals surface area contributed by atoms with Crippen LogP contribution in [0.2, 0.25) is 0 Å². The largest absolute Gasteiger partial charge is 0.854 e. The molecule has 0 saturated heterocycles. The first-order chi connectivity index (χ1) is 17.6. The summed E-state index contributed by atoms with van der Waals surface area (Å²) in [5.41, 5.74) is 2.60. The number of hydrogen-bond acceptors (Lipinski definition) is 6. The molecule has 1 fully saturated rings. The quantitative estimate of drug-likeness (QED) is 0.243. The molecule has 2 aromatic carbocycles. The van der Waals surface area contributed by atoms with Crippen LogP contribution in [0.5, 0.6) is 11.6 Å². The van der Waals surface area contributed by atoms with E-state index >= 15 is 0 Å². The fraction of sp³-hybridized carbons (Fsp3) is 0.429. The van der Waals surface area contributed by atoms with Gasteiger partial charge in [-0.25, -0.2) is 9.88 Å². The maximum atomic E-state index is 13.3. The molecular formula is C28H32N4O3S. The number of hydrogen-bond donors (Lipinski definition) is 0. The lowest BCUT2D eigenvalue weighted by Gasteiger charge is -2.33. The van der Waals surface area contributed by atoms with Crippen molar-refractivity contribution in [3.05, 3.63) is 54.1 Å². The zero-order valence-corrected chi connectivity index (χ0v) is 21.7. The minimum absolute atomic E-state index is 0.125. The van der Waals surface area contributed by atoms with Crippen LogP contribution in [-0.2, 0) is 4.79 Å². The van der Waals surface area contributed by atoms with Crippen LogP contribution in [0.15, 0.2) is 53.7 Å². The van der Waals surface area contributed by atoms with Crippen molar-refractivity contribution in [3.8, 4) is 22.9 Å². The summed E-state index contributed by atoms with van der Waals surface area (Å²) in [5.74, 6) is 1.21. The fourth-order valence-electron chi connectivity index (χ4n) is 5.07. The first-order valence-electron chi connectivity index (χ1n) is 12.9. The molecule has 1 saturated carbocycles. The molecule has 5 rings (SSSR count). The van der Waals surface area contributed by atoms with Crippen molar-refractivity contribution < 1.29 is 19.3 Å². The lowest BCUT2D eigenvalue weighted by molar-refractivity contribution is -0.764. The highest BCUT2D eigenvalue weighted by Crippen LogP contribution is 2.41. The summed E-state index contributed by atoms with van der Waals surface area (Å²) in [6, 6.07) is 15.3. The molecule has 0 radical (unpaired) electrons. The number of anilines is 1. The molecule has 3 aromatic rings. The number of nitrogens with zero attached hydrogens (tertiary/aromatic N) is 4. The van der Waals surface area contributed by atoms with Crippen molar-refractivity contribution >= 4 is 23.4 Å². The number of unbranched alkanes of at least 4 members (excludes halogenated alkanes) is 2. The Morgan fingerprint density at radius 1 is 1.14 bits per heavy atom. The highest BCUT2D eigenvalue weighted by Gasteiger charge is 2.43. The van der Waals surface area contributed by atoms with E-state index in [1.165, 1.54) is 24.6 Å². The summed E-state index contributed by atoms with van der Waals surface area (Å²) >= 11 is 1.49. The molecule has 1 aliphatic heterocycles. The number of fused-ring (bicyclic) bond motifs is 3. The SMILES string of the molecule is CCCCCSc1nc([O-])c2[n+](n1)C(c1ccc(OC3CCCC3)cc1)N(C(C)=O)c1ccccc1-2. The number of ether oxygens (including phenoxy) is 1. The van der Waals surface area contributed by atoms with Crippen LogP contribution < -0.4 is 19.4 Å². The standard InChI is InChI=1S/C28H32N4O3S/c1-3-4-9-18-36-28-29-26(34)25-23-12-7-8-13-24(23)31(19(2)33)27(32(25)30-28)20-14-16-22(17-15-20)35-21-10-5-6-11-21/h7-8,12-17,21,27H,3-6,9-11,18H2,1-2H3. The number of carbonyl (C=O) groups excluding carboxylic acids is 1. The van der Waals surface area contributed by atoms with E-state index in [-0.39, 0.29) is 17.9 Å². The Bertz CT molecular complexity index is 1230. The van der Waals surface area contributed by atoms with E-state index in [0.29, 0.717) is 22.1 Å². The van der Waals surface area contributed by atoms with E-state index in [1.807, 2.05) is 48.5 Å². The Kier molecular flexibility index (Phi) is 7.41. The van der Waals surface area contributed by atoms with Gasteiger partial charge in [-0.2, -0.15) is 0 Å². The molecule has 2 heterocycles. The summed E-state index contributed by atoms with van der Waals surface area (Å²) < 4.78 is 7.84. The van der Waals surface area contributed by atoms with Crippen molar-refractivity contribution in [2.75, 3.05) is 10.7 Å². The third kappa shape index (κ3) is 4.91. The highest BCUT2D eigenvalue weighted by atomic mass is 32.2. The van der Waals surface area contributed by atoms with E-state index in [4.69, 9.17) is 9.84 Å². The van der Waals surface area contributed by atoms with Crippen LogP contribution in [0.4, 0.5) is 5.69 Å². The third-order valence-corrected chi connectivity index (χ3v) is 7.74. The van der Waals surface area contributed by atoms with Gasteiger partial charge in [0.2, 0.25) is 5.91 Å². The molecule has 8 heteroatoms. The molecule has 1 aliphatic carbocycles. The lowest BCUT2D eigenvalue weighted by atomic mass is 10.0. The fourth-order valence-corrected chi connectivity index (χ4v) is 5.89. The van der Waals surface area contributed by atoms with Crippen LogP contribution in [-0.4, -0.2) is 27.8 Å². The summed E-state index contributed by atoms with van der Waals surface area (Å²) in [6.45, 7) is 3.71. The van der Waals surface area contributed by atoms with Gasteiger partial charge >= 0.3 is 0 Å². The summed E-state index contributed by atoms with van der Waals surface area (Å²) in [7, 11) is 0. The van der Waals surface area contributed by atoms with Gasteiger partial charge in [-0.1, -0.05) is 48.3 Å². The van der Waals surface area contributed by atoms with Gasteiger partial charge in [0.05, 0.1) is 23.2 Å². The van der Waals surface area contributed by atoms with Gasteiger partial charge in [0, 0.05) is 23.3 Å². The number of benzene rings is 2. The Hall–Kier alpha value is -3.13. The van der Waals surface area contributed by atoms with E-state index < -0.39 is 6.17 Å². The average Bonchev–Trinajstić information content (AvgIpc) is 3.39.